The summed E-state index contributed by atoms with van der Waals surface area (Å²) in [5, 5.41) is 2.83. The van der Waals surface area contributed by atoms with Crippen molar-refractivity contribution in [3.05, 3.63) is 29.8 Å². The molecule has 1 N–H and O–H groups in total. The Kier molecular flexibility index (Phi) is 7.23. The molecular weight excluding hydrogens is 328 g/mol. The Morgan fingerprint density at radius 2 is 1.96 bits per heavy atom. The van der Waals surface area contributed by atoms with E-state index in [2.05, 4.69) is 5.32 Å². The van der Waals surface area contributed by atoms with Gasteiger partial charge in [0.05, 0.1) is 13.4 Å². The summed E-state index contributed by atoms with van der Waals surface area (Å²) >= 11 is 0. The zero-order chi connectivity index (χ0) is 18.4. The van der Waals surface area contributed by atoms with Crippen LogP contribution in [-0.2, 0) is 21.2 Å². The fraction of sp³-hybridized carbons (Fsp3) is 0.588. The molecule has 0 aromatic heterocycles. The van der Waals surface area contributed by atoms with Gasteiger partial charge in [0.2, 0.25) is 15.9 Å². The van der Waals surface area contributed by atoms with E-state index < -0.39 is 15.6 Å². The standard InChI is InChI=1S/C17H28N2O4S/c1-17(2,3)19(24(5,21)22)12-10-16(20)18-11-9-14-7-6-8-15(13-14)23-4/h6-8,13H,9-12H2,1-5H3,(H,18,20). The molecule has 0 radical (unpaired) electrons. The van der Waals surface area contributed by atoms with E-state index in [0.29, 0.717) is 13.0 Å². The molecule has 0 saturated heterocycles. The molecule has 0 bridgehead atoms. The fourth-order valence-electron chi connectivity index (χ4n) is 2.46. The van der Waals surface area contributed by atoms with Crippen LogP contribution in [0.25, 0.3) is 0 Å². The van der Waals surface area contributed by atoms with Gasteiger partial charge in [-0.1, -0.05) is 12.1 Å². The van der Waals surface area contributed by atoms with Crippen molar-refractivity contribution in [2.75, 3.05) is 26.5 Å². The third-order valence-electron chi connectivity index (χ3n) is 3.56. The monoisotopic (exact) mass is 356 g/mol. The molecule has 0 heterocycles. The topological polar surface area (TPSA) is 75.7 Å². The van der Waals surface area contributed by atoms with Crippen molar-refractivity contribution in [1.82, 2.24) is 9.62 Å². The molecule has 0 atom stereocenters. The van der Waals surface area contributed by atoms with Crippen LogP contribution >= 0.6 is 0 Å². The average Bonchev–Trinajstić information content (AvgIpc) is 2.44. The van der Waals surface area contributed by atoms with E-state index >= 15 is 0 Å². The Labute approximate surface area is 145 Å². The second kappa shape index (κ2) is 8.48. The summed E-state index contributed by atoms with van der Waals surface area (Å²) in [6.45, 7) is 6.12. The largest absolute Gasteiger partial charge is 0.497 e. The second-order valence-electron chi connectivity index (χ2n) is 6.71. The first-order chi connectivity index (χ1) is 11.0. The van der Waals surface area contributed by atoms with Crippen LogP contribution in [0.5, 0.6) is 5.75 Å². The van der Waals surface area contributed by atoms with Gasteiger partial charge in [0, 0.05) is 25.0 Å². The Morgan fingerprint density at radius 1 is 1.29 bits per heavy atom. The van der Waals surface area contributed by atoms with Crippen LogP contribution in [0, 0.1) is 0 Å². The molecule has 0 aliphatic heterocycles. The molecule has 0 unspecified atom stereocenters. The maximum absolute atomic E-state index is 12.0. The van der Waals surface area contributed by atoms with E-state index in [0.717, 1.165) is 11.3 Å². The summed E-state index contributed by atoms with van der Waals surface area (Å²) in [7, 11) is -1.74. The highest BCUT2D eigenvalue weighted by Crippen LogP contribution is 2.17. The van der Waals surface area contributed by atoms with Gasteiger partial charge in [-0.3, -0.25) is 4.79 Å². The number of hydrogen-bond acceptors (Lipinski definition) is 4. The Balaban J connectivity index is 2.46. The van der Waals surface area contributed by atoms with Crippen molar-refractivity contribution in [2.24, 2.45) is 0 Å². The van der Waals surface area contributed by atoms with E-state index in [9.17, 15) is 13.2 Å². The predicted octanol–water partition coefficient (Wildman–Crippen LogP) is 1.80. The minimum Gasteiger partial charge on any atom is -0.497 e. The summed E-state index contributed by atoms with van der Waals surface area (Å²) in [5.41, 5.74) is 0.524. The SMILES string of the molecule is COc1cccc(CCNC(=O)CCN(C(C)(C)C)S(C)(=O)=O)c1. The number of hydrogen-bond donors (Lipinski definition) is 1. The van der Waals surface area contributed by atoms with Crippen LogP contribution in [0.15, 0.2) is 24.3 Å². The van der Waals surface area contributed by atoms with Gasteiger partial charge >= 0.3 is 0 Å². The number of sulfonamides is 1. The molecule has 0 saturated carbocycles. The van der Waals surface area contributed by atoms with Crippen molar-refractivity contribution in [2.45, 2.75) is 39.2 Å². The molecule has 6 nitrogen and oxygen atoms in total. The second-order valence-corrected chi connectivity index (χ2v) is 8.61. The number of nitrogens with one attached hydrogen (secondary N) is 1. The highest BCUT2D eigenvalue weighted by Gasteiger charge is 2.29. The van der Waals surface area contributed by atoms with Crippen molar-refractivity contribution < 1.29 is 17.9 Å². The molecule has 1 amide bonds. The van der Waals surface area contributed by atoms with Gasteiger partial charge in [-0.15, -0.1) is 0 Å². The van der Waals surface area contributed by atoms with Crippen molar-refractivity contribution in [1.29, 1.82) is 0 Å². The maximum atomic E-state index is 12.0. The molecule has 136 valence electrons. The third-order valence-corrected chi connectivity index (χ3v) is 5.09. The lowest BCUT2D eigenvalue weighted by atomic mass is 10.1. The van der Waals surface area contributed by atoms with Gasteiger partial charge in [0.1, 0.15) is 5.75 Å². The van der Waals surface area contributed by atoms with Gasteiger partial charge in [-0.25, -0.2) is 8.42 Å². The number of amides is 1. The van der Waals surface area contributed by atoms with E-state index in [4.69, 9.17) is 4.74 Å². The third kappa shape index (κ3) is 6.88. The van der Waals surface area contributed by atoms with Gasteiger partial charge in [0.15, 0.2) is 0 Å². The molecule has 0 spiro atoms. The quantitative estimate of drug-likeness (QED) is 0.771. The Bertz CT molecular complexity index is 651. The molecule has 24 heavy (non-hydrogen) atoms. The summed E-state index contributed by atoms with van der Waals surface area (Å²) < 4.78 is 30.2. The maximum Gasteiger partial charge on any atom is 0.221 e. The highest BCUT2D eigenvalue weighted by atomic mass is 32.2. The van der Waals surface area contributed by atoms with Crippen LogP contribution in [0.3, 0.4) is 0 Å². The van der Waals surface area contributed by atoms with Crippen molar-refractivity contribution in [3.8, 4) is 5.75 Å². The molecule has 1 aromatic rings. The van der Waals surface area contributed by atoms with Gasteiger partial charge < -0.3 is 10.1 Å². The minimum atomic E-state index is -3.35. The Morgan fingerprint density at radius 3 is 2.50 bits per heavy atom. The molecule has 0 aliphatic carbocycles. The zero-order valence-corrected chi connectivity index (χ0v) is 15.9. The summed E-state index contributed by atoms with van der Waals surface area (Å²) in [4.78, 5) is 12.0. The highest BCUT2D eigenvalue weighted by molar-refractivity contribution is 7.88. The van der Waals surface area contributed by atoms with Gasteiger partial charge in [-0.2, -0.15) is 4.31 Å². The summed E-state index contributed by atoms with van der Waals surface area (Å²) in [6, 6.07) is 7.68. The zero-order valence-electron chi connectivity index (χ0n) is 15.1. The first-order valence-electron chi connectivity index (χ1n) is 7.91. The van der Waals surface area contributed by atoms with E-state index in [1.165, 1.54) is 10.6 Å². The molecular formula is C17H28N2O4S. The number of rotatable bonds is 8. The molecule has 7 heteroatoms. The lowest BCUT2D eigenvalue weighted by molar-refractivity contribution is -0.121. The first-order valence-corrected chi connectivity index (χ1v) is 9.76. The summed E-state index contributed by atoms with van der Waals surface area (Å²) in [6.07, 6.45) is 2.00. The number of carbonyl (C=O) groups excluding carboxylic acids is 1. The molecule has 1 rings (SSSR count). The normalized spacial score (nSPS) is 12.2. The van der Waals surface area contributed by atoms with Crippen LogP contribution in [-0.4, -0.2) is 50.6 Å². The number of nitrogens with zero attached hydrogens (tertiary/aromatic N) is 1. The summed E-state index contributed by atoms with van der Waals surface area (Å²) in [5.74, 6) is 0.628. The average molecular weight is 356 g/mol. The van der Waals surface area contributed by atoms with Crippen LogP contribution < -0.4 is 10.1 Å². The minimum absolute atomic E-state index is 0.141. The van der Waals surface area contributed by atoms with Crippen LogP contribution in [0.1, 0.15) is 32.8 Å². The number of methoxy groups -OCH3 is 1. The number of ether oxygens (including phenoxy) is 1. The fourth-order valence-corrected chi connectivity index (χ4v) is 3.88. The Hall–Kier alpha value is -1.60. The van der Waals surface area contributed by atoms with Crippen molar-refractivity contribution in [3.63, 3.8) is 0 Å². The van der Waals surface area contributed by atoms with Gasteiger partial charge in [-0.05, 0) is 44.9 Å². The number of carbonyl (C=O) groups is 1. The van der Waals surface area contributed by atoms with Gasteiger partial charge in [0.25, 0.3) is 0 Å². The molecule has 0 fully saturated rings. The van der Waals surface area contributed by atoms with E-state index in [-0.39, 0.29) is 18.9 Å². The van der Waals surface area contributed by atoms with E-state index in [1.54, 1.807) is 7.11 Å². The lowest BCUT2D eigenvalue weighted by Crippen LogP contribution is -2.46. The number of benzene rings is 1. The molecule has 1 aromatic carbocycles. The van der Waals surface area contributed by atoms with Crippen molar-refractivity contribution >= 4 is 15.9 Å². The predicted molar refractivity (Wildman–Crippen MR) is 95.6 cm³/mol. The van der Waals surface area contributed by atoms with Crippen LogP contribution in [0.2, 0.25) is 0 Å². The van der Waals surface area contributed by atoms with E-state index in [1.807, 2.05) is 45.0 Å². The lowest BCUT2D eigenvalue weighted by Gasteiger charge is -2.33. The van der Waals surface area contributed by atoms with Crippen LogP contribution in [0.4, 0.5) is 0 Å². The first kappa shape index (κ1) is 20.4. The molecule has 0 aliphatic rings. The smallest absolute Gasteiger partial charge is 0.221 e.